The summed E-state index contributed by atoms with van der Waals surface area (Å²) in [6, 6.07) is 14.1. The van der Waals surface area contributed by atoms with Crippen molar-refractivity contribution in [1.29, 1.82) is 0 Å². The number of para-hydroxylation sites is 1. The molecule has 2 N–H and O–H groups in total. The molecule has 3 aromatic rings. The Balaban J connectivity index is 1.92. The van der Waals surface area contributed by atoms with Crippen molar-refractivity contribution in [3.8, 4) is 17.0 Å². The summed E-state index contributed by atoms with van der Waals surface area (Å²) in [5.74, 6) is 0.772. The third-order valence-corrected chi connectivity index (χ3v) is 4.05. The van der Waals surface area contributed by atoms with Crippen LogP contribution in [0.4, 0.5) is 0 Å². The number of nitrogens with one attached hydrogen (secondary N) is 2. The fourth-order valence-corrected chi connectivity index (χ4v) is 3.12. The predicted octanol–water partition coefficient (Wildman–Crippen LogP) is 3.87. The lowest BCUT2D eigenvalue weighted by Crippen LogP contribution is -2.13. The van der Waals surface area contributed by atoms with E-state index in [0.29, 0.717) is 6.54 Å². The Bertz CT molecular complexity index is 876. The van der Waals surface area contributed by atoms with Crippen LogP contribution in [0.5, 0.6) is 5.75 Å². The number of ether oxygens (including phenoxy) is 1. The van der Waals surface area contributed by atoms with E-state index in [4.69, 9.17) is 4.74 Å². The second-order valence-corrected chi connectivity index (χ2v) is 6.12. The molecule has 0 unspecified atom stereocenters. The van der Waals surface area contributed by atoms with Crippen molar-refractivity contribution in [2.24, 2.45) is 0 Å². The summed E-state index contributed by atoms with van der Waals surface area (Å²) in [6.45, 7) is 4.55. The molecule has 4 rings (SSSR count). The highest BCUT2D eigenvalue weighted by Crippen LogP contribution is 2.35. The summed E-state index contributed by atoms with van der Waals surface area (Å²) in [5.41, 5.74) is 4.62. The van der Waals surface area contributed by atoms with Crippen molar-refractivity contribution in [2.75, 3.05) is 0 Å². The summed E-state index contributed by atoms with van der Waals surface area (Å²) < 4.78 is 5.86. The van der Waals surface area contributed by atoms with Crippen LogP contribution in [0.2, 0.25) is 0 Å². The maximum Gasteiger partial charge on any atom is 0.252 e. The molecular weight excluding hydrogens is 288 g/mol. The maximum atomic E-state index is 12.2. The quantitative estimate of drug-likeness (QED) is 0.772. The van der Waals surface area contributed by atoms with Gasteiger partial charge < -0.3 is 15.0 Å². The van der Waals surface area contributed by atoms with Crippen molar-refractivity contribution in [3.63, 3.8) is 0 Å². The number of fused-ring (bicyclic) bond motifs is 2. The van der Waals surface area contributed by atoms with Gasteiger partial charge in [0.2, 0.25) is 0 Å². The fraction of sp³-hybridized carbons (Fsp3) is 0.211. The van der Waals surface area contributed by atoms with Crippen molar-refractivity contribution in [1.82, 2.24) is 10.3 Å². The Kier molecular flexibility index (Phi) is 3.11. The highest BCUT2D eigenvalue weighted by molar-refractivity contribution is 6.05. The first kappa shape index (κ1) is 13.9. The second kappa shape index (κ2) is 5.16. The lowest BCUT2D eigenvalue weighted by molar-refractivity contribution is 0.0966. The van der Waals surface area contributed by atoms with Crippen LogP contribution in [0.1, 0.15) is 29.8 Å². The molecule has 0 radical (unpaired) electrons. The van der Waals surface area contributed by atoms with E-state index in [2.05, 4.69) is 22.4 Å². The first-order valence-electron chi connectivity index (χ1n) is 7.82. The first-order valence-corrected chi connectivity index (χ1v) is 7.82. The number of aromatic amines is 1. The van der Waals surface area contributed by atoms with Gasteiger partial charge in [0.15, 0.2) is 0 Å². The number of carbonyl (C=O) groups excluding carboxylic acids is 1. The minimum Gasteiger partial charge on any atom is -0.491 e. The van der Waals surface area contributed by atoms with Gasteiger partial charge in [0.1, 0.15) is 5.75 Å². The van der Waals surface area contributed by atoms with Gasteiger partial charge >= 0.3 is 0 Å². The minimum atomic E-state index is -0.0234. The van der Waals surface area contributed by atoms with Gasteiger partial charge in [0.25, 0.3) is 5.91 Å². The summed E-state index contributed by atoms with van der Waals surface area (Å²) in [5, 5.41) is 4.03. The van der Waals surface area contributed by atoms with E-state index >= 15 is 0 Å². The zero-order chi connectivity index (χ0) is 16.0. The van der Waals surface area contributed by atoms with Gasteiger partial charge in [-0.2, -0.15) is 0 Å². The predicted molar refractivity (Wildman–Crippen MR) is 90.7 cm³/mol. The minimum absolute atomic E-state index is 0.0234. The summed E-state index contributed by atoms with van der Waals surface area (Å²) in [6.07, 6.45) is 0.0914. The fourth-order valence-electron chi connectivity index (χ4n) is 3.12. The normalized spacial score (nSPS) is 13.4. The van der Waals surface area contributed by atoms with Crippen molar-refractivity contribution >= 4 is 16.8 Å². The Hall–Kier alpha value is -2.75. The monoisotopic (exact) mass is 306 g/mol. The van der Waals surface area contributed by atoms with Crippen LogP contribution in [0, 0.1) is 0 Å². The van der Waals surface area contributed by atoms with Crippen LogP contribution >= 0.6 is 0 Å². The number of hydrogen-bond donors (Lipinski definition) is 2. The molecule has 2 heterocycles. The maximum absolute atomic E-state index is 12.2. The van der Waals surface area contributed by atoms with Gasteiger partial charge in [-0.15, -0.1) is 0 Å². The van der Waals surface area contributed by atoms with Crippen LogP contribution in [-0.2, 0) is 6.54 Å². The largest absolute Gasteiger partial charge is 0.491 e. The highest BCUT2D eigenvalue weighted by atomic mass is 16.5. The Morgan fingerprint density at radius 2 is 1.96 bits per heavy atom. The molecule has 2 aromatic carbocycles. The van der Waals surface area contributed by atoms with Gasteiger partial charge in [-0.05, 0) is 43.7 Å². The third-order valence-electron chi connectivity index (χ3n) is 4.05. The molecule has 0 fully saturated rings. The molecule has 4 nitrogen and oxygen atoms in total. The zero-order valence-electron chi connectivity index (χ0n) is 13.1. The number of carbonyl (C=O) groups is 1. The molecule has 23 heavy (non-hydrogen) atoms. The second-order valence-electron chi connectivity index (χ2n) is 6.12. The van der Waals surface area contributed by atoms with E-state index < -0.39 is 0 Å². The van der Waals surface area contributed by atoms with E-state index in [-0.39, 0.29) is 12.0 Å². The third kappa shape index (κ3) is 2.36. The highest BCUT2D eigenvalue weighted by Gasteiger charge is 2.25. The van der Waals surface area contributed by atoms with E-state index in [0.717, 1.165) is 39.0 Å². The van der Waals surface area contributed by atoms with Gasteiger partial charge in [-0.1, -0.05) is 18.2 Å². The smallest absolute Gasteiger partial charge is 0.252 e. The molecule has 1 aliphatic rings. The summed E-state index contributed by atoms with van der Waals surface area (Å²) in [4.78, 5) is 15.6. The number of rotatable bonds is 3. The standard InChI is InChI=1S/C19H18N2O2/c1-11(2)23-14-7-13-10-20-19(22)18(13)15(9-14)17-8-12-5-3-4-6-16(12)21-17/h3-9,11,21H,10H2,1-2H3,(H,20,22). The summed E-state index contributed by atoms with van der Waals surface area (Å²) in [7, 11) is 0. The van der Waals surface area contributed by atoms with Gasteiger partial charge in [-0.3, -0.25) is 4.79 Å². The number of benzene rings is 2. The molecule has 0 bridgehead atoms. The van der Waals surface area contributed by atoms with E-state index in [1.807, 2.05) is 44.2 Å². The van der Waals surface area contributed by atoms with Crippen LogP contribution < -0.4 is 10.1 Å². The molecule has 0 saturated heterocycles. The van der Waals surface area contributed by atoms with Crippen molar-refractivity contribution < 1.29 is 9.53 Å². The molecule has 0 atom stereocenters. The molecule has 0 aliphatic carbocycles. The molecule has 4 heteroatoms. The molecule has 116 valence electrons. The average molecular weight is 306 g/mol. The number of hydrogen-bond acceptors (Lipinski definition) is 2. The Labute approximate surface area is 134 Å². The van der Waals surface area contributed by atoms with Crippen molar-refractivity contribution in [2.45, 2.75) is 26.5 Å². The lowest BCUT2D eigenvalue weighted by Gasteiger charge is -2.13. The van der Waals surface area contributed by atoms with Gasteiger partial charge in [0.05, 0.1) is 11.7 Å². The Morgan fingerprint density at radius 1 is 1.13 bits per heavy atom. The van der Waals surface area contributed by atoms with Gasteiger partial charge in [0, 0.05) is 28.7 Å². The number of amides is 1. The Morgan fingerprint density at radius 3 is 2.74 bits per heavy atom. The van der Waals surface area contributed by atoms with Gasteiger partial charge in [-0.25, -0.2) is 0 Å². The molecule has 0 saturated carbocycles. The van der Waals surface area contributed by atoms with E-state index in [1.165, 1.54) is 0 Å². The summed E-state index contributed by atoms with van der Waals surface area (Å²) >= 11 is 0. The van der Waals surface area contributed by atoms with Crippen LogP contribution in [-0.4, -0.2) is 17.0 Å². The molecule has 1 aliphatic heterocycles. The van der Waals surface area contributed by atoms with Crippen molar-refractivity contribution in [3.05, 3.63) is 53.6 Å². The number of aromatic nitrogens is 1. The molecule has 0 spiro atoms. The van der Waals surface area contributed by atoms with Crippen LogP contribution in [0.25, 0.3) is 22.2 Å². The molecule has 1 amide bonds. The lowest BCUT2D eigenvalue weighted by atomic mass is 10.00. The molecular formula is C19H18N2O2. The van der Waals surface area contributed by atoms with E-state index in [1.54, 1.807) is 0 Å². The average Bonchev–Trinajstić information content (AvgIpc) is 3.10. The van der Waals surface area contributed by atoms with Crippen LogP contribution in [0.15, 0.2) is 42.5 Å². The first-order chi connectivity index (χ1) is 11.1. The number of H-pyrrole nitrogens is 1. The molecule has 1 aromatic heterocycles. The van der Waals surface area contributed by atoms with Crippen LogP contribution in [0.3, 0.4) is 0 Å². The topological polar surface area (TPSA) is 54.1 Å². The van der Waals surface area contributed by atoms with E-state index in [9.17, 15) is 4.79 Å². The SMILES string of the molecule is CC(C)Oc1cc2c(c(-c3cc4ccccc4[nH]3)c1)C(=O)NC2. The zero-order valence-corrected chi connectivity index (χ0v) is 13.1.